The first-order valence-electron chi connectivity index (χ1n) is 2.84. The summed E-state index contributed by atoms with van der Waals surface area (Å²) >= 11 is 0. The van der Waals surface area contributed by atoms with E-state index in [9.17, 15) is 0 Å². The molecule has 1 N–H and O–H groups in total. The van der Waals surface area contributed by atoms with Gasteiger partial charge in [-0.3, -0.25) is 0 Å². The minimum Gasteiger partial charge on any atom is -0.501 e. The lowest BCUT2D eigenvalue weighted by Gasteiger charge is -2.10. The van der Waals surface area contributed by atoms with E-state index in [1.165, 1.54) is 0 Å². The Hall–Kier alpha value is -0.500. The summed E-state index contributed by atoms with van der Waals surface area (Å²) < 4.78 is 4.95. The fourth-order valence-corrected chi connectivity index (χ4v) is 0.735. The van der Waals surface area contributed by atoms with Crippen LogP contribution in [-0.4, -0.2) is 18.3 Å². The third-order valence-electron chi connectivity index (χ3n) is 1.21. The van der Waals surface area contributed by atoms with Gasteiger partial charge in [0, 0.05) is 0 Å². The SMILES string of the molecule is OCC1=COCCC1. The number of rotatable bonds is 1. The van der Waals surface area contributed by atoms with Crippen molar-refractivity contribution in [3.8, 4) is 0 Å². The molecule has 0 aliphatic carbocycles. The van der Waals surface area contributed by atoms with Gasteiger partial charge in [0.1, 0.15) is 0 Å². The average molecular weight is 114 g/mol. The van der Waals surface area contributed by atoms with Crippen LogP contribution in [0.2, 0.25) is 0 Å². The first kappa shape index (κ1) is 5.63. The Kier molecular flexibility index (Phi) is 1.92. The summed E-state index contributed by atoms with van der Waals surface area (Å²) in [5, 5.41) is 8.54. The molecule has 0 saturated carbocycles. The molecule has 0 spiro atoms. The van der Waals surface area contributed by atoms with Gasteiger partial charge in [-0.15, -0.1) is 0 Å². The monoisotopic (exact) mass is 114 g/mol. The van der Waals surface area contributed by atoms with Crippen LogP contribution in [-0.2, 0) is 4.74 Å². The van der Waals surface area contributed by atoms with Crippen LogP contribution in [0.5, 0.6) is 0 Å². The number of ether oxygens (including phenoxy) is 1. The molecule has 1 rings (SSSR count). The van der Waals surface area contributed by atoms with Gasteiger partial charge in [0.25, 0.3) is 0 Å². The van der Waals surface area contributed by atoms with E-state index in [0.29, 0.717) is 0 Å². The quantitative estimate of drug-likeness (QED) is 0.543. The van der Waals surface area contributed by atoms with Crippen molar-refractivity contribution in [2.75, 3.05) is 13.2 Å². The third kappa shape index (κ3) is 1.23. The summed E-state index contributed by atoms with van der Waals surface area (Å²) in [6.07, 6.45) is 3.70. The maximum absolute atomic E-state index is 8.54. The summed E-state index contributed by atoms with van der Waals surface area (Å²) in [4.78, 5) is 0. The van der Waals surface area contributed by atoms with Gasteiger partial charge in [0.05, 0.1) is 19.5 Å². The summed E-state index contributed by atoms with van der Waals surface area (Å²) in [6.45, 7) is 0.962. The van der Waals surface area contributed by atoms with Crippen molar-refractivity contribution in [2.24, 2.45) is 0 Å². The molecule has 46 valence electrons. The Morgan fingerprint density at radius 2 is 2.62 bits per heavy atom. The number of aliphatic hydroxyl groups excluding tert-OH is 1. The minimum atomic E-state index is 0.153. The van der Waals surface area contributed by atoms with Crippen molar-refractivity contribution >= 4 is 0 Å². The standard InChI is InChI=1S/C6H10O2/c7-4-6-2-1-3-8-5-6/h5,7H,1-4H2. The van der Waals surface area contributed by atoms with Crippen LogP contribution in [0.15, 0.2) is 11.8 Å². The number of hydrogen-bond acceptors (Lipinski definition) is 2. The lowest BCUT2D eigenvalue weighted by atomic mass is 10.1. The molecule has 1 aliphatic heterocycles. The van der Waals surface area contributed by atoms with Gasteiger partial charge < -0.3 is 9.84 Å². The highest BCUT2D eigenvalue weighted by Gasteiger charge is 2.00. The van der Waals surface area contributed by atoms with Crippen LogP contribution in [0.4, 0.5) is 0 Å². The highest BCUT2D eigenvalue weighted by molar-refractivity contribution is 4.99. The predicted molar refractivity (Wildman–Crippen MR) is 30.4 cm³/mol. The molecule has 0 bridgehead atoms. The largest absolute Gasteiger partial charge is 0.501 e. The van der Waals surface area contributed by atoms with E-state index in [1.54, 1.807) is 6.26 Å². The minimum absolute atomic E-state index is 0.153. The highest BCUT2D eigenvalue weighted by atomic mass is 16.5. The van der Waals surface area contributed by atoms with Crippen LogP contribution < -0.4 is 0 Å². The first-order chi connectivity index (χ1) is 3.93. The molecular formula is C6H10O2. The lowest BCUT2D eigenvalue weighted by Crippen LogP contribution is -2.01. The molecule has 1 heterocycles. The van der Waals surface area contributed by atoms with E-state index in [2.05, 4.69) is 0 Å². The van der Waals surface area contributed by atoms with Crippen molar-refractivity contribution in [1.82, 2.24) is 0 Å². The van der Waals surface area contributed by atoms with E-state index < -0.39 is 0 Å². The van der Waals surface area contributed by atoms with Crippen molar-refractivity contribution in [2.45, 2.75) is 12.8 Å². The van der Waals surface area contributed by atoms with Crippen molar-refractivity contribution in [3.05, 3.63) is 11.8 Å². The Morgan fingerprint density at radius 1 is 1.75 bits per heavy atom. The van der Waals surface area contributed by atoms with Crippen LogP contribution in [0.1, 0.15) is 12.8 Å². The molecule has 8 heavy (non-hydrogen) atoms. The fraction of sp³-hybridized carbons (Fsp3) is 0.667. The van der Waals surface area contributed by atoms with E-state index in [0.717, 1.165) is 25.0 Å². The summed E-state index contributed by atoms with van der Waals surface area (Å²) in [5.74, 6) is 0. The van der Waals surface area contributed by atoms with Gasteiger partial charge in [-0.05, 0) is 18.4 Å². The van der Waals surface area contributed by atoms with E-state index in [1.807, 2.05) is 0 Å². The van der Waals surface area contributed by atoms with Gasteiger partial charge in [-0.25, -0.2) is 0 Å². The molecule has 0 amide bonds. The molecule has 0 radical (unpaired) electrons. The Morgan fingerprint density at radius 3 is 3.00 bits per heavy atom. The van der Waals surface area contributed by atoms with Gasteiger partial charge in [0.15, 0.2) is 0 Å². The highest BCUT2D eigenvalue weighted by Crippen LogP contribution is 2.09. The molecule has 0 aromatic heterocycles. The average Bonchev–Trinajstić information content (AvgIpc) is 1.90. The Bertz CT molecular complexity index is 96.7. The van der Waals surface area contributed by atoms with Gasteiger partial charge in [-0.2, -0.15) is 0 Å². The Labute approximate surface area is 48.8 Å². The first-order valence-corrected chi connectivity index (χ1v) is 2.84. The molecule has 1 aliphatic rings. The van der Waals surface area contributed by atoms with Crippen LogP contribution in [0, 0.1) is 0 Å². The molecule has 0 fully saturated rings. The zero-order valence-electron chi connectivity index (χ0n) is 4.76. The second-order valence-electron chi connectivity index (χ2n) is 1.91. The van der Waals surface area contributed by atoms with Crippen molar-refractivity contribution in [3.63, 3.8) is 0 Å². The number of aliphatic hydroxyl groups is 1. The van der Waals surface area contributed by atoms with Gasteiger partial charge in [-0.1, -0.05) is 0 Å². The second-order valence-corrected chi connectivity index (χ2v) is 1.91. The second kappa shape index (κ2) is 2.72. The maximum Gasteiger partial charge on any atom is 0.0876 e. The fourth-order valence-electron chi connectivity index (χ4n) is 0.735. The molecule has 0 atom stereocenters. The molecule has 2 heteroatoms. The van der Waals surface area contributed by atoms with E-state index in [4.69, 9.17) is 9.84 Å². The molecule has 0 aromatic rings. The smallest absolute Gasteiger partial charge is 0.0876 e. The molecule has 2 nitrogen and oxygen atoms in total. The molecular weight excluding hydrogens is 104 g/mol. The maximum atomic E-state index is 8.54. The molecule has 0 aromatic carbocycles. The zero-order valence-corrected chi connectivity index (χ0v) is 4.76. The summed E-state index contributed by atoms with van der Waals surface area (Å²) in [6, 6.07) is 0. The topological polar surface area (TPSA) is 29.5 Å². The lowest BCUT2D eigenvalue weighted by molar-refractivity contribution is 0.211. The zero-order chi connectivity index (χ0) is 5.82. The van der Waals surface area contributed by atoms with Crippen LogP contribution in [0.3, 0.4) is 0 Å². The third-order valence-corrected chi connectivity index (χ3v) is 1.21. The summed E-state index contributed by atoms with van der Waals surface area (Å²) in [5.41, 5.74) is 1.01. The van der Waals surface area contributed by atoms with E-state index in [-0.39, 0.29) is 6.61 Å². The molecule has 0 unspecified atom stereocenters. The van der Waals surface area contributed by atoms with E-state index >= 15 is 0 Å². The van der Waals surface area contributed by atoms with Crippen LogP contribution in [0.25, 0.3) is 0 Å². The van der Waals surface area contributed by atoms with Gasteiger partial charge >= 0.3 is 0 Å². The van der Waals surface area contributed by atoms with Gasteiger partial charge in [0.2, 0.25) is 0 Å². The van der Waals surface area contributed by atoms with Crippen molar-refractivity contribution in [1.29, 1.82) is 0 Å². The number of hydrogen-bond donors (Lipinski definition) is 1. The van der Waals surface area contributed by atoms with Crippen LogP contribution >= 0.6 is 0 Å². The summed E-state index contributed by atoms with van der Waals surface area (Å²) in [7, 11) is 0. The normalized spacial score (nSPS) is 19.4. The predicted octanol–water partition coefficient (Wildman–Crippen LogP) is 0.673. The molecule has 0 saturated heterocycles. The Balaban J connectivity index is 2.37. The van der Waals surface area contributed by atoms with Crippen molar-refractivity contribution < 1.29 is 9.84 Å².